The highest BCUT2D eigenvalue weighted by Crippen LogP contribution is 2.31. The molecule has 152 valence electrons. The molecule has 0 atom stereocenters. The van der Waals surface area contributed by atoms with Crippen molar-refractivity contribution in [3.05, 3.63) is 134 Å². The van der Waals surface area contributed by atoms with Gasteiger partial charge in [-0.15, -0.1) is 0 Å². The van der Waals surface area contributed by atoms with Crippen LogP contribution in [-0.4, -0.2) is 4.98 Å². The van der Waals surface area contributed by atoms with Crippen LogP contribution in [0.15, 0.2) is 128 Å². The molecular weight excluding hydrogens is 386 g/mol. The van der Waals surface area contributed by atoms with Crippen molar-refractivity contribution < 1.29 is 0 Å². The van der Waals surface area contributed by atoms with E-state index in [0.717, 1.165) is 16.8 Å². The van der Waals surface area contributed by atoms with Crippen LogP contribution in [0.2, 0.25) is 0 Å². The third kappa shape index (κ3) is 4.14. The fourth-order valence-corrected chi connectivity index (χ4v) is 3.96. The van der Waals surface area contributed by atoms with Gasteiger partial charge in [-0.05, 0) is 69.3 Å². The van der Waals surface area contributed by atoms with Gasteiger partial charge in [-0.1, -0.05) is 97.6 Å². The number of hydrogen-bond acceptors (Lipinski definition) is 1. The summed E-state index contributed by atoms with van der Waals surface area (Å²) >= 11 is 0. The Morgan fingerprint density at radius 2 is 0.969 bits per heavy atom. The minimum Gasteiger partial charge on any atom is -0.256 e. The molecule has 4 aromatic carbocycles. The average Bonchev–Trinajstić information content (AvgIpc) is 2.89. The predicted molar refractivity (Wildman–Crippen MR) is 136 cm³/mol. The highest BCUT2D eigenvalue weighted by Gasteiger charge is 2.06. The van der Waals surface area contributed by atoms with Gasteiger partial charge in [-0.2, -0.15) is 0 Å². The Hall–Kier alpha value is -4.23. The second-order valence-electron chi connectivity index (χ2n) is 7.78. The highest BCUT2D eigenvalue weighted by molar-refractivity contribution is 5.78. The zero-order valence-electron chi connectivity index (χ0n) is 17.8. The Morgan fingerprint density at radius 3 is 1.47 bits per heavy atom. The molecule has 0 saturated heterocycles. The van der Waals surface area contributed by atoms with Crippen LogP contribution in [-0.2, 0) is 0 Å². The predicted octanol–water partition coefficient (Wildman–Crippen LogP) is 8.39. The van der Waals surface area contributed by atoms with Crippen molar-refractivity contribution in [2.45, 2.75) is 0 Å². The van der Waals surface area contributed by atoms with Gasteiger partial charge in [-0.25, -0.2) is 0 Å². The van der Waals surface area contributed by atoms with E-state index in [4.69, 9.17) is 0 Å². The number of benzene rings is 4. The number of hydrogen-bond donors (Lipinski definition) is 0. The van der Waals surface area contributed by atoms with E-state index < -0.39 is 0 Å². The Balaban J connectivity index is 1.49. The Bertz CT molecular complexity index is 1370. The van der Waals surface area contributed by atoms with Gasteiger partial charge in [0.1, 0.15) is 0 Å². The maximum atomic E-state index is 4.49. The first-order chi connectivity index (χ1) is 15.8. The van der Waals surface area contributed by atoms with E-state index >= 15 is 0 Å². The summed E-state index contributed by atoms with van der Waals surface area (Å²) in [5.74, 6) is 0. The van der Waals surface area contributed by atoms with Crippen molar-refractivity contribution >= 4 is 6.08 Å². The molecule has 1 heterocycles. The minimum absolute atomic E-state index is 0.987. The standard InChI is InChI=1S/C31H23N/c1-2-23-15-17-24(18-16-23)25-8-5-9-26(20-25)27-10-6-11-28(21-27)29-12-7-13-30(22-29)31-14-3-4-19-32-31/h2-22H,1H2. The molecule has 0 radical (unpaired) electrons. The quantitative estimate of drug-likeness (QED) is 0.284. The molecule has 1 aromatic heterocycles. The molecule has 0 saturated carbocycles. The van der Waals surface area contributed by atoms with Crippen LogP contribution in [0.4, 0.5) is 0 Å². The number of rotatable bonds is 5. The van der Waals surface area contributed by atoms with Gasteiger partial charge in [0.2, 0.25) is 0 Å². The molecule has 0 fully saturated rings. The second-order valence-corrected chi connectivity index (χ2v) is 7.78. The van der Waals surface area contributed by atoms with Crippen molar-refractivity contribution in [2.24, 2.45) is 0 Å². The Morgan fingerprint density at radius 1 is 0.469 bits per heavy atom. The van der Waals surface area contributed by atoms with E-state index in [0.29, 0.717) is 0 Å². The van der Waals surface area contributed by atoms with Crippen LogP contribution in [0.3, 0.4) is 0 Å². The highest BCUT2D eigenvalue weighted by atomic mass is 14.7. The lowest BCUT2D eigenvalue weighted by atomic mass is 9.95. The second kappa shape index (κ2) is 8.87. The molecule has 0 N–H and O–H groups in total. The molecule has 5 rings (SSSR count). The van der Waals surface area contributed by atoms with Gasteiger partial charge in [0.15, 0.2) is 0 Å². The van der Waals surface area contributed by atoms with Gasteiger partial charge in [-0.3, -0.25) is 4.98 Å². The van der Waals surface area contributed by atoms with Gasteiger partial charge in [0, 0.05) is 11.8 Å². The van der Waals surface area contributed by atoms with Crippen molar-refractivity contribution in [1.29, 1.82) is 0 Å². The molecule has 0 aliphatic heterocycles. The first-order valence-electron chi connectivity index (χ1n) is 10.8. The summed E-state index contributed by atoms with van der Waals surface area (Å²) in [7, 11) is 0. The summed E-state index contributed by atoms with van der Waals surface area (Å²) < 4.78 is 0. The molecule has 5 aromatic rings. The molecule has 1 heteroatoms. The molecule has 0 bridgehead atoms. The van der Waals surface area contributed by atoms with Crippen LogP contribution in [0, 0.1) is 0 Å². The fraction of sp³-hybridized carbons (Fsp3) is 0. The third-order valence-corrected chi connectivity index (χ3v) is 5.69. The largest absolute Gasteiger partial charge is 0.256 e. The summed E-state index contributed by atoms with van der Waals surface area (Å²) in [6, 6.07) is 40.5. The molecule has 1 nitrogen and oxygen atoms in total. The zero-order valence-corrected chi connectivity index (χ0v) is 17.8. The molecular formula is C31H23N. The van der Waals surface area contributed by atoms with Crippen LogP contribution in [0.25, 0.3) is 50.7 Å². The van der Waals surface area contributed by atoms with Crippen LogP contribution >= 0.6 is 0 Å². The van der Waals surface area contributed by atoms with Gasteiger partial charge in [0.05, 0.1) is 5.69 Å². The van der Waals surface area contributed by atoms with Crippen molar-refractivity contribution in [3.63, 3.8) is 0 Å². The van der Waals surface area contributed by atoms with Crippen molar-refractivity contribution in [1.82, 2.24) is 4.98 Å². The van der Waals surface area contributed by atoms with Crippen LogP contribution in [0.1, 0.15) is 5.56 Å². The summed E-state index contributed by atoms with van der Waals surface area (Å²) in [6.07, 6.45) is 3.70. The topological polar surface area (TPSA) is 12.9 Å². The van der Waals surface area contributed by atoms with E-state index in [1.165, 1.54) is 33.4 Å². The number of nitrogens with zero attached hydrogens (tertiary/aromatic N) is 1. The molecule has 0 aliphatic carbocycles. The van der Waals surface area contributed by atoms with Gasteiger partial charge < -0.3 is 0 Å². The number of aromatic nitrogens is 1. The summed E-state index contributed by atoms with van der Waals surface area (Å²) in [5.41, 5.74) is 10.4. The SMILES string of the molecule is C=Cc1ccc(-c2cccc(-c3cccc(-c4cccc(-c5ccccn5)c4)c3)c2)cc1. The summed E-state index contributed by atoms with van der Waals surface area (Å²) in [4.78, 5) is 4.49. The molecule has 0 aliphatic rings. The third-order valence-electron chi connectivity index (χ3n) is 5.69. The lowest BCUT2D eigenvalue weighted by Crippen LogP contribution is -1.85. The zero-order chi connectivity index (χ0) is 21.8. The average molecular weight is 410 g/mol. The van der Waals surface area contributed by atoms with Gasteiger partial charge in [0.25, 0.3) is 0 Å². The molecule has 0 spiro atoms. The Kier molecular flexibility index (Phi) is 5.47. The van der Waals surface area contributed by atoms with Crippen LogP contribution < -0.4 is 0 Å². The smallest absolute Gasteiger partial charge is 0.0702 e. The van der Waals surface area contributed by atoms with Crippen molar-refractivity contribution in [2.75, 3.05) is 0 Å². The minimum atomic E-state index is 0.987. The monoisotopic (exact) mass is 409 g/mol. The van der Waals surface area contributed by atoms with E-state index in [-0.39, 0.29) is 0 Å². The number of pyridine rings is 1. The van der Waals surface area contributed by atoms with Crippen molar-refractivity contribution in [3.8, 4) is 44.6 Å². The van der Waals surface area contributed by atoms with E-state index in [9.17, 15) is 0 Å². The lowest BCUT2D eigenvalue weighted by Gasteiger charge is -2.10. The van der Waals surface area contributed by atoms with Gasteiger partial charge >= 0.3 is 0 Å². The lowest BCUT2D eigenvalue weighted by molar-refractivity contribution is 1.33. The molecule has 32 heavy (non-hydrogen) atoms. The normalized spacial score (nSPS) is 10.6. The fourth-order valence-electron chi connectivity index (χ4n) is 3.96. The first-order valence-corrected chi connectivity index (χ1v) is 10.8. The first kappa shape index (κ1) is 19.7. The maximum Gasteiger partial charge on any atom is 0.0702 e. The summed E-state index contributed by atoms with van der Waals surface area (Å²) in [5, 5.41) is 0. The molecule has 0 amide bonds. The maximum absolute atomic E-state index is 4.49. The van der Waals surface area contributed by atoms with E-state index in [1.54, 1.807) is 0 Å². The van der Waals surface area contributed by atoms with E-state index in [1.807, 2.05) is 30.5 Å². The van der Waals surface area contributed by atoms with Crippen LogP contribution in [0.5, 0.6) is 0 Å². The molecule has 0 unspecified atom stereocenters. The van der Waals surface area contributed by atoms with E-state index in [2.05, 4.69) is 109 Å². The Labute approximate surface area is 189 Å². The summed E-state index contributed by atoms with van der Waals surface area (Å²) in [6.45, 7) is 3.84.